The summed E-state index contributed by atoms with van der Waals surface area (Å²) in [7, 11) is 0. The summed E-state index contributed by atoms with van der Waals surface area (Å²) in [6, 6.07) is 13.3. The summed E-state index contributed by atoms with van der Waals surface area (Å²) in [5, 5.41) is 2.86. The van der Waals surface area contributed by atoms with Crippen LogP contribution in [0.15, 0.2) is 36.4 Å². The van der Waals surface area contributed by atoms with E-state index in [2.05, 4.69) is 43.3 Å². The van der Waals surface area contributed by atoms with Gasteiger partial charge in [0.15, 0.2) is 0 Å². The average Bonchev–Trinajstić information content (AvgIpc) is 2.59. The Kier molecular flexibility index (Phi) is 1.63. The molecule has 2 aromatic rings. The van der Waals surface area contributed by atoms with Crippen LogP contribution < -0.4 is 0 Å². The second kappa shape index (κ2) is 2.84. The molecule has 0 bridgehead atoms. The summed E-state index contributed by atoms with van der Waals surface area (Å²) in [4.78, 5) is 0. The zero-order valence-electron chi connectivity index (χ0n) is 8.46. The van der Waals surface area contributed by atoms with Crippen LogP contribution in [-0.4, -0.2) is 0 Å². The molecule has 0 spiro atoms. The van der Waals surface area contributed by atoms with Gasteiger partial charge in [0.1, 0.15) is 0 Å². The molecule has 0 saturated carbocycles. The fraction of sp³-hybridized carbons (Fsp3) is 0.286. The molecule has 0 heterocycles. The Labute approximate surface area is 84.6 Å². The van der Waals surface area contributed by atoms with E-state index in [1.807, 2.05) is 0 Å². The van der Waals surface area contributed by atoms with Crippen molar-refractivity contribution in [3.63, 3.8) is 0 Å². The lowest BCUT2D eigenvalue weighted by atomic mass is 10.0. The van der Waals surface area contributed by atoms with Crippen LogP contribution >= 0.6 is 0 Å². The predicted molar refractivity (Wildman–Crippen MR) is 60.5 cm³/mol. The minimum Gasteiger partial charge on any atom is -0.0619 e. The second-order valence-corrected chi connectivity index (χ2v) is 4.44. The van der Waals surface area contributed by atoms with Gasteiger partial charge in [-0.3, -0.25) is 0 Å². The molecular formula is C14H14. The van der Waals surface area contributed by atoms with Gasteiger partial charge in [-0.2, -0.15) is 0 Å². The van der Waals surface area contributed by atoms with Gasteiger partial charge in [0.2, 0.25) is 0 Å². The van der Waals surface area contributed by atoms with Gasteiger partial charge in [-0.1, -0.05) is 43.3 Å². The summed E-state index contributed by atoms with van der Waals surface area (Å²) in [5.41, 5.74) is 3.16. The Bertz CT molecular complexity index is 482. The molecule has 14 heavy (non-hydrogen) atoms. The van der Waals surface area contributed by atoms with E-state index in [0.29, 0.717) is 0 Å². The summed E-state index contributed by atoms with van der Waals surface area (Å²) in [5.74, 6) is 0.829. The van der Waals surface area contributed by atoms with Gasteiger partial charge in [0, 0.05) is 0 Å². The van der Waals surface area contributed by atoms with Crippen molar-refractivity contribution < 1.29 is 0 Å². The van der Waals surface area contributed by atoms with Gasteiger partial charge in [-0.15, -0.1) is 0 Å². The molecule has 1 unspecified atom stereocenters. The molecule has 0 nitrogen and oxygen atoms in total. The fourth-order valence-corrected chi connectivity index (χ4v) is 2.61. The lowest BCUT2D eigenvalue weighted by Crippen LogP contribution is -1.89. The van der Waals surface area contributed by atoms with Crippen molar-refractivity contribution in [3.05, 3.63) is 47.5 Å². The highest BCUT2D eigenvalue weighted by Crippen LogP contribution is 2.32. The van der Waals surface area contributed by atoms with Gasteiger partial charge in [0.05, 0.1) is 0 Å². The van der Waals surface area contributed by atoms with Crippen molar-refractivity contribution in [3.8, 4) is 0 Å². The zero-order valence-corrected chi connectivity index (χ0v) is 8.46. The smallest absolute Gasteiger partial charge is 0.0149 e. The Morgan fingerprint density at radius 2 is 1.86 bits per heavy atom. The van der Waals surface area contributed by atoms with Gasteiger partial charge >= 0.3 is 0 Å². The van der Waals surface area contributed by atoms with Crippen LogP contribution in [0.2, 0.25) is 0 Å². The van der Waals surface area contributed by atoms with Crippen molar-refractivity contribution in [2.45, 2.75) is 19.8 Å². The number of rotatable bonds is 0. The number of hydrogen-bond acceptors (Lipinski definition) is 0. The van der Waals surface area contributed by atoms with Crippen LogP contribution in [0.1, 0.15) is 18.1 Å². The zero-order chi connectivity index (χ0) is 9.54. The highest BCUT2D eigenvalue weighted by atomic mass is 14.2. The molecule has 1 aliphatic carbocycles. The van der Waals surface area contributed by atoms with Gasteiger partial charge in [0.25, 0.3) is 0 Å². The van der Waals surface area contributed by atoms with Crippen LogP contribution in [0.5, 0.6) is 0 Å². The first-order valence-electron chi connectivity index (χ1n) is 5.34. The molecule has 3 rings (SSSR count). The van der Waals surface area contributed by atoms with Crippen molar-refractivity contribution in [2.24, 2.45) is 5.92 Å². The monoisotopic (exact) mass is 182 g/mol. The highest BCUT2D eigenvalue weighted by Gasteiger charge is 2.19. The summed E-state index contributed by atoms with van der Waals surface area (Å²) in [6.07, 6.45) is 2.52. The Hall–Kier alpha value is -1.30. The van der Waals surface area contributed by atoms with Crippen LogP contribution in [-0.2, 0) is 12.8 Å². The normalized spacial score (nSPS) is 19.9. The van der Waals surface area contributed by atoms with Crippen molar-refractivity contribution in [1.29, 1.82) is 0 Å². The lowest BCUT2D eigenvalue weighted by molar-refractivity contribution is 0.628. The standard InChI is InChI=1S/C14H14/c1-10-8-12-7-6-11-4-2-3-5-13(11)14(12)9-10/h2-7,10H,8-9H2,1H3. The highest BCUT2D eigenvalue weighted by molar-refractivity contribution is 5.87. The van der Waals surface area contributed by atoms with E-state index in [1.165, 1.54) is 23.6 Å². The molecule has 0 saturated heterocycles. The Balaban J connectivity index is 2.33. The first kappa shape index (κ1) is 8.05. The molecule has 1 atom stereocenters. The average molecular weight is 182 g/mol. The van der Waals surface area contributed by atoms with Crippen LogP contribution in [0.3, 0.4) is 0 Å². The van der Waals surface area contributed by atoms with Crippen molar-refractivity contribution in [1.82, 2.24) is 0 Å². The molecule has 1 aliphatic rings. The quantitative estimate of drug-likeness (QED) is 0.584. The maximum Gasteiger partial charge on any atom is -0.0149 e. The van der Waals surface area contributed by atoms with E-state index in [-0.39, 0.29) is 0 Å². The largest absolute Gasteiger partial charge is 0.0619 e. The van der Waals surface area contributed by atoms with Crippen molar-refractivity contribution in [2.75, 3.05) is 0 Å². The molecule has 0 aliphatic heterocycles. The molecule has 70 valence electrons. The maximum absolute atomic E-state index is 2.34. The van der Waals surface area contributed by atoms with E-state index >= 15 is 0 Å². The first-order valence-corrected chi connectivity index (χ1v) is 5.34. The number of fused-ring (bicyclic) bond motifs is 3. The number of hydrogen-bond donors (Lipinski definition) is 0. The summed E-state index contributed by atoms with van der Waals surface area (Å²) in [6.45, 7) is 2.34. The molecule has 0 aromatic heterocycles. The van der Waals surface area contributed by atoms with Gasteiger partial charge in [-0.05, 0) is 40.7 Å². The molecule has 0 fully saturated rings. The second-order valence-electron chi connectivity index (χ2n) is 4.44. The topological polar surface area (TPSA) is 0 Å². The molecule has 0 radical (unpaired) electrons. The summed E-state index contributed by atoms with van der Waals surface area (Å²) < 4.78 is 0. The minimum atomic E-state index is 0.829. The molecule has 0 N–H and O–H groups in total. The minimum absolute atomic E-state index is 0.829. The lowest BCUT2D eigenvalue weighted by Gasteiger charge is -2.04. The van der Waals surface area contributed by atoms with Crippen LogP contribution in [0.25, 0.3) is 10.8 Å². The first-order chi connectivity index (χ1) is 6.84. The third-order valence-electron chi connectivity index (χ3n) is 3.26. The number of benzene rings is 2. The Morgan fingerprint density at radius 1 is 1.00 bits per heavy atom. The van der Waals surface area contributed by atoms with Crippen LogP contribution in [0.4, 0.5) is 0 Å². The van der Waals surface area contributed by atoms with Crippen LogP contribution in [0, 0.1) is 5.92 Å². The van der Waals surface area contributed by atoms with E-state index in [9.17, 15) is 0 Å². The van der Waals surface area contributed by atoms with Gasteiger partial charge in [-0.25, -0.2) is 0 Å². The maximum atomic E-state index is 2.34. The fourth-order valence-electron chi connectivity index (χ4n) is 2.61. The molecular weight excluding hydrogens is 168 g/mol. The molecule has 0 heteroatoms. The third-order valence-corrected chi connectivity index (χ3v) is 3.26. The molecule has 2 aromatic carbocycles. The summed E-state index contributed by atoms with van der Waals surface area (Å²) >= 11 is 0. The van der Waals surface area contributed by atoms with Crippen molar-refractivity contribution >= 4 is 10.8 Å². The molecule has 0 amide bonds. The van der Waals surface area contributed by atoms with E-state index < -0.39 is 0 Å². The predicted octanol–water partition coefficient (Wildman–Crippen LogP) is 3.57. The SMILES string of the molecule is CC1Cc2ccc3ccccc3c2C1. The van der Waals surface area contributed by atoms with E-state index in [1.54, 1.807) is 11.1 Å². The Morgan fingerprint density at radius 3 is 2.79 bits per heavy atom. The van der Waals surface area contributed by atoms with Gasteiger partial charge < -0.3 is 0 Å². The van der Waals surface area contributed by atoms with E-state index in [4.69, 9.17) is 0 Å². The third kappa shape index (κ3) is 1.07. The van der Waals surface area contributed by atoms with E-state index in [0.717, 1.165) is 5.92 Å².